The van der Waals surface area contributed by atoms with Crippen molar-refractivity contribution in [3.8, 4) is 11.5 Å². The molecule has 0 saturated carbocycles. The lowest BCUT2D eigenvalue weighted by Crippen LogP contribution is -2.17. The first-order valence-corrected chi connectivity index (χ1v) is 8.52. The summed E-state index contributed by atoms with van der Waals surface area (Å²) in [5, 5.41) is 6.91. The molecule has 26 heavy (non-hydrogen) atoms. The molecule has 0 spiro atoms. The zero-order chi connectivity index (χ0) is 18.8. The molecule has 2 aromatic rings. The number of ether oxygens (including phenoxy) is 2. The third kappa shape index (κ3) is 5.97. The standard InChI is InChI=1S/C19H21ClN2O4/c1-3-10-25-17-9-8-14(11-18(17)24-2)12-21-26-13-19(23)22-16-7-5-4-6-15(16)20/h4-9,11-12H,3,10,13H2,1-2H3,(H,22,23). The van der Waals surface area contributed by atoms with E-state index in [1.165, 1.54) is 6.21 Å². The average Bonchev–Trinajstić information content (AvgIpc) is 2.65. The van der Waals surface area contributed by atoms with Crippen LogP contribution in [0.2, 0.25) is 5.02 Å². The molecule has 6 nitrogen and oxygen atoms in total. The van der Waals surface area contributed by atoms with Gasteiger partial charge in [-0.05, 0) is 36.8 Å². The first kappa shape index (κ1) is 19.6. The van der Waals surface area contributed by atoms with Crippen molar-refractivity contribution >= 4 is 29.4 Å². The molecule has 0 fully saturated rings. The van der Waals surface area contributed by atoms with E-state index in [-0.39, 0.29) is 12.5 Å². The van der Waals surface area contributed by atoms with E-state index in [0.29, 0.717) is 28.8 Å². The van der Waals surface area contributed by atoms with Crippen molar-refractivity contribution < 1.29 is 19.1 Å². The number of benzene rings is 2. The van der Waals surface area contributed by atoms with Crippen molar-refractivity contribution in [3.63, 3.8) is 0 Å². The molecule has 0 radical (unpaired) electrons. The largest absolute Gasteiger partial charge is 0.493 e. The summed E-state index contributed by atoms with van der Waals surface area (Å²) in [6.07, 6.45) is 2.41. The van der Waals surface area contributed by atoms with Crippen LogP contribution in [0.25, 0.3) is 0 Å². The quantitative estimate of drug-likeness (QED) is 0.527. The van der Waals surface area contributed by atoms with Gasteiger partial charge in [-0.2, -0.15) is 0 Å². The fourth-order valence-electron chi connectivity index (χ4n) is 2.04. The Kier molecular flexibility index (Phi) is 7.76. The van der Waals surface area contributed by atoms with Crippen molar-refractivity contribution in [3.05, 3.63) is 53.1 Å². The first-order chi connectivity index (χ1) is 12.6. The molecule has 7 heteroatoms. The van der Waals surface area contributed by atoms with Gasteiger partial charge in [0.15, 0.2) is 18.1 Å². The van der Waals surface area contributed by atoms with Crippen molar-refractivity contribution in [2.24, 2.45) is 5.16 Å². The van der Waals surface area contributed by atoms with Gasteiger partial charge >= 0.3 is 0 Å². The molecular formula is C19H21ClN2O4. The second-order valence-corrected chi connectivity index (χ2v) is 5.70. The molecule has 0 heterocycles. The van der Waals surface area contributed by atoms with E-state index in [0.717, 1.165) is 12.0 Å². The zero-order valence-corrected chi connectivity index (χ0v) is 15.5. The number of nitrogens with zero attached hydrogens (tertiary/aromatic N) is 1. The maximum atomic E-state index is 11.8. The molecule has 1 N–H and O–H groups in total. The third-order valence-corrected chi connectivity index (χ3v) is 3.60. The van der Waals surface area contributed by atoms with E-state index in [4.69, 9.17) is 25.9 Å². The Hall–Kier alpha value is -2.73. The summed E-state index contributed by atoms with van der Waals surface area (Å²) < 4.78 is 10.9. The molecule has 0 aliphatic rings. The summed E-state index contributed by atoms with van der Waals surface area (Å²) in [6, 6.07) is 12.4. The van der Waals surface area contributed by atoms with Crippen LogP contribution in [0, 0.1) is 0 Å². The van der Waals surface area contributed by atoms with Gasteiger partial charge in [-0.3, -0.25) is 4.79 Å². The number of hydrogen-bond acceptors (Lipinski definition) is 5. The Bertz CT molecular complexity index is 765. The lowest BCUT2D eigenvalue weighted by atomic mass is 10.2. The van der Waals surface area contributed by atoms with Gasteiger partial charge in [0, 0.05) is 5.56 Å². The van der Waals surface area contributed by atoms with Crippen LogP contribution in [0.4, 0.5) is 5.69 Å². The van der Waals surface area contributed by atoms with Crippen LogP contribution in [0.15, 0.2) is 47.6 Å². The minimum absolute atomic E-state index is 0.226. The van der Waals surface area contributed by atoms with Gasteiger partial charge < -0.3 is 19.6 Å². The highest BCUT2D eigenvalue weighted by molar-refractivity contribution is 6.33. The lowest BCUT2D eigenvalue weighted by Gasteiger charge is -2.10. The molecule has 138 valence electrons. The van der Waals surface area contributed by atoms with E-state index >= 15 is 0 Å². The van der Waals surface area contributed by atoms with E-state index in [1.807, 2.05) is 13.0 Å². The number of carbonyl (C=O) groups excluding carboxylic acids is 1. The van der Waals surface area contributed by atoms with Gasteiger partial charge in [0.1, 0.15) is 0 Å². The van der Waals surface area contributed by atoms with Gasteiger partial charge in [0.2, 0.25) is 0 Å². The van der Waals surface area contributed by atoms with Crippen molar-refractivity contribution in [1.29, 1.82) is 0 Å². The molecule has 0 aromatic heterocycles. The maximum Gasteiger partial charge on any atom is 0.265 e. The van der Waals surface area contributed by atoms with Crippen LogP contribution < -0.4 is 14.8 Å². The van der Waals surface area contributed by atoms with E-state index in [2.05, 4.69) is 10.5 Å². The van der Waals surface area contributed by atoms with E-state index in [1.54, 1.807) is 43.5 Å². The third-order valence-electron chi connectivity index (χ3n) is 3.27. The lowest BCUT2D eigenvalue weighted by molar-refractivity contribution is -0.120. The first-order valence-electron chi connectivity index (χ1n) is 8.14. The highest BCUT2D eigenvalue weighted by Crippen LogP contribution is 2.27. The monoisotopic (exact) mass is 376 g/mol. The Morgan fingerprint density at radius 1 is 1.23 bits per heavy atom. The molecule has 0 bridgehead atoms. The van der Waals surface area contributed by atoms with Gasteiger partial charge in [0.05, 0.1) is 30.6 Å². The highest BCUT2D eigenvalue weighted by Gasteiger charge is 2.06. The summed E-state index contributed by atoms with van der Waals surface area (Å²) in [6.45, 7) is 2.43. The molecule has 0 aliphatic carbocycles. The van der Waals surface area contributed by atoms with Crippen LogP contribution in [0.3, 0.4) is 0 Å². The zero-order valence-electron chi connectivity index (χ0n) is 14.7. The SMILES string of the molecule is CCCOc1ccc(C=NOCC(=O)Nc2ccccc2Cl)cc1OC. The smallest absolute Gasteiger partial charge is 0.265 e. The highest BCUT2D eigenvalue weighted by atomic mass is 35.5. The van der Waals surface area contributed by atoms with Crippen LogP contribution in [0.5, 0.6) is 11.5 Å². The number of methoxy groups -OCH3 is 1. The molecule has 2 rings (SSSR count). The molecular weight excluding hydrogens is 356 g/mol. The number of halogens is 1. The average molecular weight is 377 g/mol. The Morgan fingerprint density at radius 3 is 2.77 bits per heavy atom. The fourth-order valence-corrected chi connectivity index (χ4v) is 2.22. The normalized spacial score (nSPS) is 10.6. The van der Waals surface area contributed by atoms with Crippen LogP contribution in [0.1, 0.15) is 18.9 Å². The molecule has 1 amide bonds. The number of hydrogen-bond donors (Lipinski definition) is 1. The molecule has 0 unspecified atom stereocenters. The second-order valence-electron chi connectivity index (χ2n) is 5.29. The maximum absolute atomic E-state index is 11.8. The van der Waals surface area contributed by atoms with Crippen molar-refractivity contribution in [2.45, 2.75) is 13.3 Å². The minimum atomic E-state index is -0.351. The number of oxime groups is 1. The predicted molar refractivity (Wildman–Crippen MR) is 102 cm³/mol. The number of nitrogens with one attached hydrogen (secondary N) is 1. The van der Waals surface area contributed by atoms with Gasteiger partial charge in [-0.1, -0.05) is 35.8 Å². The number of anilines is 1. The topological polar surface area (TPSA) is 69.2 Å². The predicted octanol–water partition coefficient (Wildman–Crippen LogP) is 4.13. The molecule has 0 saturated heterocycles. The van der Waals surface area contributed by atoms with E-state index < -0.39 is 0 Å². The van der Waals surface area contributed by atoms with Crippen LogP contribution >= 0.6 is 11.6 Å². The summed E-state index contributed by atoms with van der Waals surface area (Å²) in [5.74, 6) is 0.932. The Morgan fingerprint density at radius 2 is 2.04 bits per heavy atom. The number of rotatable bonds is 9. The summed E-state index contributed by atoms with van der Waals surface area (Å²) >= 11 is 5.98. The van der Waals surface area contributed by atoms with Crippen LogP contribution in [-0.4, -0.2) is 32.4 Å². The van der Waals surface area contributed by atoms with Crippen molar-refractivity contribution in [1.82, 2.24) is 0 Å². The fraction of sp³-hybridized carbons (Fsp3) is 0.263. The molecule has 0 atom stereocenters. The number of para-hydroxylation sites is 1. The number of amides is 1. The summed E-state index contributed by atoms with van der Waals surface area (Å²) in [4.78, 5) is 16.8. The van der Waals surface area contributed by atoms with Crippen molar-refractivity contribution in [2.75, 3.05) is 25.6 Å². The molecule has 2 aromatic carbocycles. The molecule has 0 aliphatic heterocycles. The summed E-state index contributed by atoms with van der Waals surface area (Å²) in [7, 11) is 1.57. The van der Waals surface area contributed by atoms with Gasteiger partial charge in [0.25, 0.3) is 5.91 Å². The summed E-state index contributed by atoms with van der Waals surface area (Å²) in [5.41, 5.74) is 1.29. The number of carbonyl (C=O) groups is 1. The van der Waals surface area contributed by atoms with E-state index in [9.17, 15) is 4.79 Å². The second kappa shape index (κ2) is 10.3. The minimum Gasteiger partial charge on any atom is -0.493 e. The van der Waals surface area contributed by atoms with Crippen LogP contribution in [-0.2, 0) is 9.63 Å². The Balaban J connectivity index is 1.86. The Labute approximate surface area is 157 Å². The van der Waals surface area contributed by atoms with Gasteiger partial charge in [-0.25, -0.2) is 0 Å². The van der Waals surface area contributed by atoms with Gasteiger partial charge in [-0.15, -0.1) is 0 Å².